The van der Waals surface area contributed by atoms with Crippen LogP contribution in [0, 0.1) is 11.6 Å². The minimum absolute atomic E-state index is 0.142. The van der Waals surface area contributed by atoms with Crippen LogP contribution < -0.4 is 5.73 Å². The zero-order valence-electron chi connectivity index (χ0n) is 22.9. The summed E-state index contributed by atoms with van der Waals surface area (Å²) in [5, 5.41) is 7.33. The Labute approximate surface area is 259 Å². The molecule has 0 aliphatic rings. The molecule has 0 unspecified atom stereocenters. The molecule has 0 amide bonds. The largest absolute Gasteiger partial charge is 0.435 e. The molecule has 2 aromatic carbocycles. The molecule has 6 rings (SSSR count). The minimum Gasteiger partial charge on any atom is -0.384 e. The van der Waals surface area contributed by atoms with Gasteiger partial charge in [0, 0.05) is 23.5 Å². The van der Waals surface area contributed by atoms with Crippen molar-refractivity contribution in [2.24, 2.45) is 0 Å². The zero-order chi connectivity index (χ0) is 33.2. The van der Waals surface area contributed by atoms with E-state index in [1.54, 1.807) is 0 Å². The molecule has 236 valence electrons. The summed E-state index contributed by atoms with van der Waals surface area (Å²) in [5.74, 6) is -0.819. The van der Waals surface area contributed by atoms with Crippen LogP contribution in [0.2, 0.25) is 5.15 Å². The molecule has 0 aliphatic carbocycles. The van der Waals surface area contributed by atoms with Crippen LogP contribution in [-0.4, -0.2) is 29.5 Å². The molecule has 0 saturated carbocycles. The maximum absolute atomic E-state index is 13.0. The third-order valence-corrected chi connectivity index (χ3v) is 6.45. The molecule has 2 N–H and O–H groups in total. The number of nitrogen functional groups attached to an aromatic ring is 1. The van der Waals surface area contributed by atoms with Gasteiger partial charge in [0.1, 0.15) is 22.6 Å². The highest BCUT2D eigenvalue weighted by Crippen LogP contribution is 2.35. The number of anilines is 1. The standard InChI is InChI=1S/C15H8ClF4N3.C15H10F4N4/c16-14-7-9(5-6-21-14)12-8-13(15(18,19)20)22-23(12)11-3-1-10(17)2-4-11;16-10-1-3-11(4-2-10)23-12(8-13(22-23)15(17,18)19)9-5-6-21-14(20)7-9/h1-8H;1-8H,(H2,20,21). The number of benzene rings is 2. The van der Waals surface area contributed by atoms with Crippen LogP contribution in [0.15, 0.2) is 97.3 Å². The van der Waals surface area contributed by atoms with Crippen molar-refractivity contribution < 1.29 is 35.1 Å². The average molecular weight is 664 g/mol. The van der Waals surface area contributed by atoms with Gasteiger partial charge in [0.15, 0.2) is 11.4 Å². The molecule has 0 atom stereocenters. The number of halogens is 9. The first-order valence-corrected chi connectivity index (χ1v) is 13.3. The van der Waals surface area contributed by atoms with Crippen molar-refractivity contribution in [2.45, 2.75) is 12.4 Å². The average Bonchev–Trinajstić information content (AvgIpc) is 3.65. The molecule has 0 saturated heterocycles. The summed E-state index contributed by atoms with van der Waals surface area (Å²) in [5.41, 5.74) is 5.27. The highest BCUT2D eigenvalue weighted by Gasteiger charge is 2.36. The summed E-state index contributed by atoms with van der Waals surface area (Å²) >= 11 is 5.80. The van der Waals surface area contributed by atoms with E-state index in [9.17, 15) is 35.1 Å². The lowest BCUT2D eigenvalue weighted by atomic mass is 10.1. The van der Waals surface area contributed by atoms with Crippen molar-refractivity contribution in [3.05, 3.63) is 125 Å². The Morgan fingerprint density at radius 1 is 0.565 bits per heavy atom. The molecular formula is C30H18ClF8N7. The van der Waals surface area contributed by atoms with Crippen molar-refractivity contribution >= 4 is 17.4 Å². The Bertz CT molecular complexity index is 1820. The first kappa shape index (κ1) is 32.1. The maximum atomic E-state index is 13.0. The van der Waals surface area contributed by atoms with Crippen molar-refractivity contribution in [3.8, 4) is 33.9 Å². The van der Waals surface area contributed by atoms with E-state index in [0.717, 1.165) is 45.8 Å². The van der Waals surface area contributed by atoms with Gasteiger partial charge in [-0.3, -0.25) is 0 Å². The van der Waals surface area contributed by atoms with Gasteiger partial charge in [0.05, 0.1) is 22.8 Å². The Balaban J connectivity index is 0.000000181. The molecule has 46 heavy (non-hydrogen) atoms. The number of alkyl halides is 6. The van der Waals surface area contributed by atoms with E-state index in [4.69, 9.17) is 17.3 Å². The molecule has 6 aromatic rings. The van der Waals surface area contributed by atoms with Crippen LogP contribution in [0.3, 0.4) is 0 Å². The smallest absolute Gasteiger partial charge is 0.384 e. The third-order valence-electron chi connectivity index (χ3n) is 6.24. The maximum Gasteiger partial charge on any atom is 0.435 e. The number of aromatic nitrogens is 6. The summed E-state index contributed by atoms with van der Waals surface area (Å²) in [7, 11) is 0. The van der Waals surface area contributed by atoms with Crippen LogP contribution in [0.4, 0.5) is 40.9 Å². The van der Waals surface area contributed by atoms with Gasteiger partial charge in [-0.15, -0.1) is 0 Å². The molecule has 7 nitrogen and oxygen atoms in total. The van der Waals surface area contributed by atoms with Crippen molar-refractivity contribution in [1.29, 1.82) is 0 Å². The van der Waals surface area contributed by atoms with Gasteiger partial charge in [0.2, 0.25) is 0 Å². The van der Waals surface area contributed by atoms with E-state index >= 15 is 0 Å². The lowest BCUT2D eigenvalue weighted by Crippen LogP contribution is -2.07. The van der Waals surface area contributed by atoms with E-state index < -0.39 is 35.4 Å². The molecule has 0 spiro atoms. The molecular weight excluding hydrogens is 646 g/mol. The molecule has 0 fully saturated rings. The summed E-state index contributed by atoms with van der Waals surface area (Å²) < 4.78 is 106. The second-order valence-electron chi connectivity index (χ2n) is 9.44. The summed E-state index contributed by atoms with van der Waals surface area (Å²) in [6.45, 7) is 0. The van der Waals surface area contributed by atoms with Gasteiger partial charge in [-0.2, -0.15) is 36.5 Å². The quantitative estimate of drug-likeness (QED) is 0.151. The fraction of sp³-hybridized carbons (Fsp3) is 0.0667. The predicted molar refractivity (Wildman–Crippen MR) is 153 cm³/mol. The normalized spacial score (nSPS) is 11.7. The van der Waals surface area contributed by atoms with Gasteiger partial charge in [-0.05, 0) is 84.9 Å². The van der Waals surface area contributed by atoms with Gasteiger partial charge in [-0.1, -0.05) is 11.6 Å². The van der Waals surface area contributed by atoms with E-state index in [1.165, 1.54) is 60.9 Å². The lowest BCUT2D eigenvalue weighted by molar-refractivity contribution is -0.142. The number of nitrogens with zero attached hydrogens (tertiary/aromatic N) is 6. The fourth-order valence-electron chi connectivity index (χ4n) is 4.18. The number of rotatable bonds is 4. The zero-order valence-corrected chi connectivity index (χ0v) is 23.7. The Kier molecular flexibility index (Phi) is 8.79. The van der Waals surface area contributed by atoms with Gasteiger partial charge >= 0.3 is 12.4 Å². The van der Waals surface area contributed by atoms with E-state index in [-0.39, 0.29) is 22.4 Å². The van der Waals surface area contributed by atoms with Crippen LogP contribution in [-0.2, 0) is 12.4 Å². The topological polar surface area (TPSA) is 87.4 Å². The first-order chi connectivity index (χ1) is 21.7. The van der Waals surface area contributed by atoms with E-state index in [2.05, 4.69) is 20.2 Å². The molecule has 16 heteroatoms. The van der Waals surface area contributed by atoms with E-state index in [0.29, 0.717) is 22.5 Å². The number of nitrogens with two attached hydrogens (primary N) is 1. The number of hydrogen-bond acceptors (Lipinski definition) is 5. The minimum atomic E-state index is -4.60. The van der Waals surface area contributed by atoms with E-state index in [1.807, 2.05) is 0 Å². The third kappa shape index (κ3) is 7.31. The molecule has 4 aromatic heterocycles. The van der Waals surface area contributed by atoms with Crippen molar-refractivity contribution in [1.82, 2.24) is 29.5 Å². The lowest BCUT2D eigenvalue weighted by Gasteiger charge is -2.08. The van der Waals surface area contributed by atoms with Crippen LogP contribution in [0.5, 0.6) is 0 Å². The summed E-state index contributed by atoms with van der Waals surface area (Å²) in [6, 6.07) is 17.7. The Morgan fingerprint density at radius 3 is 1.37 bits per heavy atom. The van der Waals surface area contributed by atoms with Crippen LogP contribution >= 0.6 is 11.6 Å². The predicted octanol–water partition coefficient (Wildman–Crippen LogP) is 8.42. The van der Waals surface area contributed by atoms with Gasteiger partial charge in [-0.25, -0.2) is 28.1 Å². The molecule has 0 aliphatic heterocycles. The summed E-state index contributed by atoms with van der Waals surface area (Å²) in [4.78, 5) is 7.61. The Morgan fingerprint density at radius 2 is 0.978 bits per heavy atom. The van der Waals surface area contributed by atoms with Gasteiger partial charge < -0.3 is 5.73 Å². The second kappa shape index (κ2) is 12.6. The first-order valence-electron chi connectivity index (χ1n) is 12.9. The monoisotopic (exact) mass is 663 g/mol. The molecule has 0 bridgehead atoms. The SMILES string of the molecule is Fc1ccc(-n2nc(C(F)(F)F)cc2-c2ccnc(Cl)c2)cc1.Nc1cc(-c2cc(C(F)(F)F)nn2-c2ccc(F)cc2)ccn1. The fourth-order valence-corrected chi connectivity index (χ4v) is 4.35. The highest BCUT2D eigenvalue weighted by atomic mass is 35.5. The molecule has 4 heterocycles. The van der Waals surface area contributed by atoms with Crippen LogP contribution in [0.1, 0.15) is 11.4 Å². The number of hydrogen-bond donors (Lipinski definition) is 1. The second-order valence-corrected chi connectivity index (χ2v) is 9.83. The van der Waals surface area contributed by atoms with Crippen molar-refractivity contribution in [3.63, 3.8) is 0 Å². The molecule has 0 radical (unpaired) electrons. The summed E-state index contributed by atoms with van der Waals surface area (Å²) in [6.07, 6.45) is -6.43. The van der Waals surface area contributed by atoms with Gasteiger partial charge in [0.25, 0.3) is 0 Å². The number of pyridine rings is 2. The highest BCUT2D eigenvalue weighted by molar-refractivity contribution is 6.29. The Hall–Kier alpha value is -5.31. The van der Waals surface area contributed by atoms with Crippen molar-refractivity contribution in [2.75, 3.05) is 5.73 Å². The van der Waals surface area contributed by atoms with Crippen LogP contribution in [0.25, 0.3) is 33.9 Å².